The largest absolute Gasteiger partial charge is 0.379 e. The Balaban J connectivity index is 2.16. The molecule has 6 heteroatoms. The summed E-state index contributed by atoms with van der Waals surface area (Å²) < 4.78 is 5.25. The van der Waals surface area contributed by atoms with E-state index < -0.39 is 5.41 Å². The van der Waals surface area contributed by atoms with Crippen molar-refractivity contribution in [1.82, 2.24) is 9.97 Å². The molecule has 1 aromatic rings. The fraction of sp³-hybridized carbons (Fsp3) is 0.583. The van der Waals surface area contributed by atoms with Crippen molar-refractivity contribution in [2.75, 3.05) is 18.5 Å². The second-order valence-corrected chi connectivity index (χ2v) is 4.97. The van der Waals surface area contributed by atoms with Gasteiger partial charge in [-0.15, -0.1) is 0 Å². The molecule has 1 aliphatic heterocycles. The van der Waals surface area contributed by atoms with E-state index in [1.165, 1.54) is 0 Å². The van der Waals surface area contributed by atoms with E-state index in [0.29, 0.717) is 19.2 Å². The first-order valence-corrected chi connectivity index (χ1v) is 5.89. The van der Waals surface area contributed by atoms with E-state index in [1.54, 1.807) is 6.92 Å². The maximum atomic E-state index is 12.2. The van der Waals surface area contributed by atoms with Crippen LogP contribution in [-0.2, 0) is 9.53 Å². The third kappa shape index (κ3) is 2.34. The van der Waals surface area contributed by atoms with Crippen LogP contribution in [0.15, 0.2) is 6.07 Å². The molecular weight excluding hydrogens is 232 g/mol. The number of hydrogen-bond donors (Lipinski definition) is 2. The zero-order valence-corrected chi connectivity index (χ0v) is 10.9. The molecule has 0 spiro atoms. The zero-order chi connectivity index (χ0) is 13.3. The van der Waals surface area contributed by atoms with E-state index in [4.69, 9.17) is 10.5 Å². The van der Waals surface area contributed by atoms with Gasteiger partial charge < -0.3 is 10.5 Å². The Bertz CT molecular complexity index is 457. The number of nitrogens with zero attached hydrogens (tertiary/aromatic N) is 2. The molecule has 6 nitrogen and oxygen atoms in total. The number of anilines is 1. The van der Waals surface area contributed by atoms with Gasteiger partial charge in [0.05, 0.1) is 18.6 Å². The van der Waals surface area contributed by atoms with Gasteiger partial charge in [0.15, 0.2) is 0 Å². The van der Waals surface area contributed by atoms with Crippen molar-refractivity contribution >= 4 is 11.9 Å². The molecule has 98 valence electrons. The van der Waals surface area contributed by atoms with Gasteiger partial charge in [-0.2, -0.15) is 0 Å². The van der Waals surface area contributed by atoms with E-state index >= 15 is 0 Å². The SMILES string of the molecule is Cc1cc(C)nc(NC(=O)C2(C)COCC2N)n1. The van der Waals surface area contributed by atoms with Gasteiger partial charge >= 0.3 is 0 Å². The summed E-state index contributed by atoms with van der Waals surface area (Å²) >= 11 is 0. The van der Waals surface area contributed by atoms with Crippen LogP contribution in [0.5, 0.6) is 0 Å². The first-order chi connectivity index (χ1) is 8.41. The van der Waals surface area contributed by atoms with Gasteiger partial charge in [0.2, 0.25) is 11.9 Å². The number of carbonyl (C=O) groups is 1. The van der Waals surface area contributed by atoms with Gasteiger partial charge in [-0.3, -0.25) is 10.1 Å². The number of aromatic nitrogens is 2. The molecule has 1 fully saturated rings. The monoisotopic (exact) mass is 250 g/mol. The summed E-state index contributed by atoms with van der Waals surface area (Å²) in [6.07, 6.45) is 0. The average Bonchev–Trinajstić information content (AvgIpc) is 2.59. The zero-order valence-electron chi connectivity index (χ0n) is 10.9. The molecule has 2 rings (SSSR count). The van der Waals surface area contributed by atoms with Gasteiger partial charge in [-0.05, 0) is 26.8 Å². The van der Waals surface area contributed by atoms with Crippen LogP contribution >= 0.6 is 0 Å². The molecule has 2 unspecified atom stereocenters. The molecule has 0 aromatic carbocycles. The second kappa shape index (κ2) is 4.62. The van der Waals surface area contributed by atoms with Crippen molar-refractivity contribution < 1.29 is 9.53 Å². The summed E-state index contributed by atoms with van der Waals surface area (Å²) in [7, 11) is 0. The molecular formula is C12H18N4O2. The Morgan fingerprint density at radius 3 is 2.61 bits per heavy atom. The first-order valence-electron chi connectivity index (χ1n) is 5.89. The Morgan fingerprint density at radius 1 is 1.50 bits per heavy atom. The molecule has 1 amide bonds. The fourth-order valence-corrected chi connectivity index (χ4v) is 1.95. The van der Waals surface area contributed by atoms with Crippen molar-refractivity contribution in [1.29, 1.82) is 0 Å². The standard InChI is InChI=1S/C12H18N4O2/c1-7-4-8(2)15-11(14-7)16-10(17)12(3)6-18-5-9(12)13/h4,9H,5-6,13H2,1-3H3,(H,14,15,16,17). The van der Waals surface area contributed by atoms with E-state index in [-0.39, 0.29) is 11.9 Å². The minimum atomic E-state index is -0.721. The van der Waals surface area contributed by atoms with Crippen molar-refractivity contribution in [3.63, 3.8) is 0 Å². The van der Waals surface area contributed by atoms with Crippen molar-refractivity contribution in [3.05, 3.63) is 17.5 Å². The van der Waals surface area contributed by atoms with Crippen molar-refractivity contribution in [3.8, 4) is 0 Å². The number of rotatable bonds is 2. The molecule has 2 heterocycles. The topological polar surface area (TPSA) is 90.1 Å². The Morgan fingerprint density at radius 2 is 2.11 bits per heavy atom. The van der Waals surface area contributed by atoms with Crippen LogP contribution < -0.4 is 11.1 Å². The molecule has 18 heavy (non-hydrogen) atoms. The second-order valence-electron chi connectivity index (χ2n) is 4.97. The summed E-state index contributed by atoms with van der Waals surface area (Å²) in [5.74, 6) is 0.121. The number of aryl methyl sites for hydroxylation is 2. The molecule has 3 N–H and O–H groups in total. The van der Waals surface area contributed by atoms with E-state index in [9.17, 15) is 4.79 Å². The lowest BCUT2D eigenvalue weighted by atomic mass is 9.85. The molecule has 0 aliphatic carbocycles. The minimum Gasteiger partial charge on any atom is -0.379 e. The summed E-state index contributed by atoms with van der Waals surface area (Å²) in [6, 6.07) is 1.55. The molecule has 1 aliphatic rings. The van der Waals surface area contributed by atoms with E-state index in [0.717, 1.165) is 11.4 Å². The molecule has 2 atom stereocenters. The van der Waals surface area contributed by atoms with Crippen molar-refractivity contribution in [2.24, 2.45) is 11.1 Å². The fourth-order valence-electron chi connectivity index (χ4n) is 1.95. The summed E-state index contributed by atoms with van der Waals surface area (Å²) in [6.45, 7) is 6.23. The minimum absolute atomic E-state index is 0.197. The first kappa shape index (κ1) is 12.9. The lowest BCUT2D eigenvalue weighted by Crippen LogP contribution is -2.47. The summed E-state index contributed by atoms with van der Waals surface area (Å²) in [5, 5.41) is 2.72. The van der Waals surface area contributed by atoms with Gasteiger partial charge in [-0.25, -0.2) is 9.97 Å². The highest BCUT2D eigenvalue weighted by Crippen LogP contribution is 2.28. The van der Waals surface area contributed by atoms with Crippen LogP contribution in [0.25, 0.3) is 0 Å². The molecule has 0 bridgehead atoms. The number of amides is 1. The maximum absolute atomic E-state index is 12.2. The predicted molar refractivity (Wildman–Crippen MR) is 67.0 cm³/mol. The lowest BCUT2D eigenvalue weighted by Gasteiger charge is -2.24. The highest BCUT2D eigenvalue weighted by Gasteiger charge is 2.44. The molecule has 1 aromatic heterocycles. The van der Waals surface area contributed by atoms with Crippen LogP contribution in [0.1, 0.15) is 18.3 Å². The highest BCUT2D eigenvalue weighted by atomic mass is 16.5. The van der Waals surface area contributed by atoms with E-state index in [1.807, 2.05) is 19.9 Å². The normalized spacial score (nSPS) is 27.2. The van der Waals surface area contributed by atoms with Crippen LogP contribution in [0.4, 0.5) is 5.95 Å². The number of nitrogens with one attached hydrogen (secondary N) is 1. The van der Waals surface area contributed by atoms with E-state index in [2.05, 4.69) is 15.3 Å². The molecule has 0 radical (unpaired) electrons. The number of carbonyl (C=O) groups excluding carboxylic acids is 1. The lowest BCUT2D eigenvalue weighted by molar-refractivity contribution is -0.125. The third-order valence-corrected chi connectivity index (χ3v) is 3.24. The Labute approximate surface area is 106 Å². The summed E-state index contributed by atoms with van der Waals surface area (Å²) in [5.41, 5.74) is 6.81. The van der Waals surface area contributed by atoms with Gasteiger partial charge in [-0.1, -0.05) is 0 Å². The summed E-state index contributed by atoms with van der Waals surface area (Å²) in [4.78, 5) is 20.6. The Kier molecular flexibility index (Phi) is 3.32. The van der Waals surface area contributed by atoms with Crippen LogP contribution in [0.2, 0.25) is 0 Å². The highest BCUT2D eigenvalue weighted by molar-refractivity contribution is 5.94. The smallest absolute Gasteiger partial charge is 0.236 e. The van der Waals surface area contributed by atoms with Gasteiger partial charge in [0.1, 0.15) is 0 Å². The quantitative estimate of drug-likeness (QED) is 0.792. The van der Waals surface area contributed by atoms with Crippen molar-refractivity contribution in [2.45, 2.75) is 26.8 Å². The predicted octanol–water partition coefficient (Wildman–Crippen LogP) is 0.396. The van der Waals surface area contributed by atoms with Crippen LogP contribution in [0, 0.1) is 19.3 Å². The number of hydrogen-bond acceptors (Lipinski definition) is 5. The Hall–Kier alpha value is -1.53. The molecule has 1 saturated heterocycles. The number of nitrogens with two attached hydrogens (primary N) is 1. The number of ether oxygens (including phenoxy) is 1. The third-order valence-electron chi connectivity index (χ3n) is 3.24. The van der Waals surface area contributed by atoms with Crippen LogP contribution in [0.3, 0.4) is 0 Å². The van der Waals surface area contributed by atoms with Gasteiger partial charge in [0.25, 0.3) is 0 Å². The van der Waals surface area contributed by atoms with Gasteiger partial charge in [0, 0.05) is 17.4 Å². The average molecular weight is 250 g/mol. The van der Waals surface area contributed by atoms with Crippen LogP contribution in [-0.4, -0.2) is 35.1 Å². The maximum Gasteiger partial charge on any atom is 0.236 e. The molecule has 0 saturated carbocycles.